The largest absolute Gasteiger partial charge is 0.455 e. The fraction of sp³-hybridized carbons (Fsp3) is 0.762. The molecule has 0 unspecified atom stereocenters. The van der Waals surface area contributed by atoms with Crippen LogP contribution in [0.2, 0.25) is 0 Å². The first-order valence-electron chi connectivity index (χ1n) is 10.1. The lowest BCUT2D eigenvalue weighted by Crippen LogP contribution is -2.41. The third kappa shape index (κ3) is 5.81. The van der Waals surface area contributed by atoms with Gasteiger partial charge in [0.15, 0.2) is 6.61 Å². The molecule has 0 saturated heterocycles. The first-order valence-corrected chi connectivity index (χ1v) is 10.1. The molecule has 1 aromatic rings. The van der Waals surface area contributed by atoms with Gasteiger partial charge in [0.05, 0.1) is 12.1 Å². The Balaban J connectivity index is 1.85. The van der Waals surface area contributed by atoms with Crippen LogP contribution in [0.4, 0.5) is 0 Å². The van der Waals surface area contributed by atoms with Crippen molar-refractivity contribution in [1.82, 2.24) is 14.7 Å². The average Bonchev–Trinajstić information content (AvgIpc) is 2.86. The molecule has 0 atom stereocenters. The summed E-state index contributed by atoms with van der Waals surface area (Å²) in [7, 11) is 1.82. The van der Waals surface area contributed by atoms with Gasteiger partial charge in [0.1, 0.15) is 0 Å². The van der Waals surface area contributed by atoms with E-state index in [4.69, 9.17) is 4.74 Å². The Morgan fingerprint density at radius 1 is 1.22 bits per heavy atom. The maximum atomic E-state index is 12.4. The van der Waals surface area contributed by atoms with Crippen LogP contribution < -0.4 is 0 Å². The highest BCUT2D eigenvalue weighted by atomic mass is 16.5. The summed E-state index contributed by atoms with van der Waals surface area (Å²) in [4.78, 5) is 26.4. The molecule has 0 bridgehead atoms. The second-order valence-corrected chi connectivity index (χ2v) is 8.48. The van der Waals surface area contributed by atoms with Crippen molar-refractivity contribution >= 4 is 11.9 Å². The van der Waals surface area contributed by atoms with Crippen LogP contribution >= 0.6 is 0 Å². The standard InChI is InChI=1S/C21H35N3O3/c1-14(2)12-24-17(5)19(16(4)22-24)11-21(26)27-13-20(25)23(6)18-9-7-15(3)8-10-18/h14-15,18H,7-13H2,1-6H3. The highest BCUT2D eigenvalue weighted by Crippen LogP contribution is 2.26. The first kappa shape index (κ1) is 21.5. The van der Waals surface area contributed by atoms with E-state index < -0.39 is 0 Å². The van der Waals surface area contributed by atoms with Gasteiger partial charge in [-0.25, -0.2) is 0 Å². The number of rotatable bonds is 7. The van der Waals surface area contributed by atoms with Gasteiger partial charge in [0.2, 0.25) is 0 Å². The van der Waals surface area contributed by atoms with Crippen LogP contribution in [0, 0.1) is 25.7 Å². The molecule has 1 aliphatic carbocycles. The van der Waals surface area contributed by atoms with Gasteiger partial charge in [0, 0.05) is 30.9 Å². The van der Waals surface area contributed by atoms with E-state index >= 15 is 0 Å². The highest BCUT2D eigenvalue weighted by molar-refractivity contribution is 5.81. The number of likely N-dealkylation sites (N-methyl/N-ethyl adjacent to an activating group) is 1. The topological polar surface area (TPSA) is 64.4 Å². The maximum absolute atomic E-state index is 12.4. The molecule has 0 aromatic carbocycles. The molecule has 0 aliphatic heterocycles. The van der Waals surface area contributed by atoms with Crippen LogP contribution in [0.15, 0.2) is 0 Å². The molecule has 0 radical (unpaired) electrons. The van der Waals surface area contributed by atoms with Gasteiger partial charge in [-0.05, 0) is 51.4 Å². The zero-order chi connectivity index (χ0) is 20.1. The van der Waals surface area contributed by atoms with E-state index in [1.54, 1.807) is 4.90 Å². The SMILES string of the molecule is Cc1nn(CC(C)C)c(C)c1CC(=O)OCC(=O)N(C)C1CCC(C)CC1. The minimum absolute atomic E-state index is 0.119. The predicted octanol–water partition coefficient (Wildman–Crippen LogP) is 3.28. The van der Waals surface area contributed by atoms with Crippen molar-refractivity contribution in [2.75, 3.05) is 13.7 Å². The molecule has 1 fully saturated rings. The lowest BCUT2D eigenvalue weighted by Gasteiger charge is -2.33. The molecule has 1 heterocycles. The Labute approximate surface area is 163 Å². The number of aryl methyl sites for hydroxylation is 1. The van der Waals surface area contributed by atoms with Crippen LogP contribution in [0.5, 0.6) is 0 Å². The lowest BCUT2D eigenvalue weighted by atomic mass is 9.87. The number of carbonyl (C=O) groups excluding carboxylic acids is 2. The predicted molar refractivity (Wildman–Crippen MR) is 105 cm³/mol. The molecular weight excluding hydrogens is 342 g/mol. The number of carbonyl (C=O) groups is 2. The normalized spacial score (nSPS) is 20.0. The van der Waals surface area contributed by atoms with Gasteiger partial charge in [-0.1, -0.05) is 20.8 Å². The van der Waals surface area contributed by atoms with Crippen LogP contribution in [0.25, 0.3) is 0 Å². The number of amides is 1. The monoisotopic (exact) mass is 377 g/mol. The van der Waals surface area contributed by atoms with E-state index in [2.05, 4.69) is 25.9 Å². The summed E-state index contributed by atoms with van der Waals surface area (Å²) in [6.07, 6.45) is 4.53. The molecule has 2 rings (SSSR count). The smallest absolute Gasteiger partial charge is 0.310 e. The summed E-state index contributed by atoms with van der Waals surface area (Å²) in [5.74, 6) is 0.737. The highest BCUT2D eigenvalue weighted by Gasteiger charge is 2.25. The quantitative estimate of drug-likeness (QED) is 0.684. The van der Waals surface area contributed by atoms with Gasteiger partial charge in [-0.2, -0.15) is 5.10 Å². The number of ether oxygens (including phenoxy) is 1. The Kier molecular flexibility index (Phi) is 7.45. The Hall–Kier alpha value is -1.85. The molecule has 1 saturated carbocycles. The third-order valence-electron chi connectivity index (χ3n) is 5.67. The molecule has 0 spiro atoms. The Morgan fingerprint density at radius 2 is 1.85 bits per heavy atom. The van der Waals surface area contributed by atoms with Gasteiger partial charge < -0.3 is 9.64 Å². The minimum atomic E-state index is -0.371. The summed E-state index contributed by atoms with van der Waals surface area (Å²) in [6, 6.07) is 0.270. The van der Waals surface area contributed by atoms with Crippen LogP contribution in [0.1, 0.15) is 63.4 Å². The lowest BCUT2D eigenvalue weighted by molar-refractivity contribution is -0.152. The van der Waals surface area contributed by atoms with Crippen molar-refractivity contribution in [2.24, 2.45) is 11.8 Å². The van der Waals surface area contributed by atoms with E-state index in [1.807, 2.05) is 25.6 Å². The second kappa shape index (κ2) is 9.38. The van der Waals surface area contributed by atoms with Gasteiger partial charge >= 0.3 is 5.97 Å². The fourth-order valence-electron chi connectivity index (χ4n) is 3.79. The zero-order valence-corrected chi connectivity index (χ0v) is 17.7. The van der Waals surface area contributed by atoms with Gasteiger partial charge in [-0.3, -0.25) is 14.3 Å². The minimum Gasteiger partial charge on any atom is -0.455 e. The molecule has 152 valence electrons. The molecule has 1 aromatic heterocycles. The molecule has 6 nitrogen and oxygen atoms in total. The summed E-state index contributed by atoms with van der Waals surface area (Å²) in [6.45, 7) is 11.1. The van der Waals surface area contributed by atoms with Crippen molar-refractivity contribution in [3.8, 4) is 0 Å². The van der Waals surface area contributed by atoms with Crippen molar-refractivity contribution in [3.05, 3.63) is 17.0 Å². The van der Waals surface area contributed by atoms with E-state index in [1.165, 1.54) is 0 Å². The number of aromatic nitrogens is 2. The maximum Gasteiger partial charge on any atom is 0.310 e. The van der Waals surface area contributed by atoms with E-state index in [9.17, 15) is 9.59 Å². The van der Waals surface area contributed by atoms with Crippen LogP contribution in [-0.4, -0.2) is 46.3 Å². The molecule has 1 aliphatic rings. The van der Waals surface area contributed by atoms with E-state index in [0.717, 1.165) is 55.1 Å². The second-order valence-electron chi connectivity index (χ2n) is 8.48. The molecular formula is C21H35N3O3. The van der Waals surface area contributed by atoms with Gasteiger partial charge in [-0.15, -0.1) is 0 Å². The van der Waals surface area contributed by atoms with E-state index in [0.29, 0.717) is 5.92 Å². The summed E-state index contributed by atoms with van der Waals surface area (Å²) >= 11 is 0. The van der Waals surface area contributed by atoms with Crippen molar-refractivity contribution in [1.29, 1.82) is 0 Å². The Bertz CT molecular complexity index is 658. The molecule has 1 amide bonds. The van der Waals surface area contributed by atoms with Crippen molar-refractivity contribution in [2.45, 2.75) is 79.3 Å². The number of nitrogens with zero attached hydrogens (tertiary/aromatic N) is 3. The first-order chi connectivity index (χ1) is 12.7. The van der Waals surface area contributed by atoms with Crippen molar-refractivity contribution < 1.29 is 14.3 Å². The number of esters is 1. The molecule has 27 heavy (non-hydrogen) atoms. The van der Waals surface area contributed by atoms with E-state index in [-0.39, 0.29) is 30.9 Å². The van der Waals surface area contributed by atoms with Crippen LogP contribution in [-0.2, 0) is 27.3 Å². The third-order valence-corrected chi connectivity index (χ3v) is 5.67. The Morgan fingerprint density at radius 3 is 2.44 bits per heavy atom. The number of hydrogen-bond donors (Lipinski definition) is 0. The zero-order valence-electron chi connectivity index (χ0n) is 17.7. The molecule has 6 heteroatoms. The summed E-state index contributed by atoms with van der Waals surface area (Å²) in [5, 5.41) is 4.53. The van der Waals surface area contributed by atoms with Crippen molar-refractivity contribution in [3.63, 3.8) is 0 Å². The summed E-state index contributed by atoms with van der Waals surface area (Å²) < 4.78 is 7.22. The van der Waals surface area contributed by atoms with Crippen LogP contribution in [0.3, 0.4) is 0 Å². The van der Waals surface area contributed by atoms with Gasteiger partial charge in [0.25, 0.3) is 5.91 Å². The molecule has 0 N–H and O–H groups in total. The summed E-state index contributed by atoms with van der Waals surface area (Å²) in [5.41, 5.74) is 2.76. The average molecular weight is 378 g/mol. The number of hydrogen-bond acceptors (Lipinski definition) is 4. The fourth-order valence-corrected chi connectivity index (χ4v) is 3.79.